The van der Waals surface area contributed by atoms with Gasteiger partial charge in [0.25, 0.3) is 0 Å². The van der Waals surface area contributed by atoms with E-state index in [1.165, 1.54) is 10.8 Å². The molecule has 0 radical (unpaired) electrons. The van der Waals surface area contributed by atoms with E-state index in [1.54, 1.807) is 4.90 Å². The Hall–Kier alpha value is -2.38. The van der Waals surface area contributed by atoms with Crippen LogP contribution in [0.5, 0.6) is 0 Å². The fourth-order valence-corrected chi connectivity index (χ4v) is 3.66. The number of benzene rings is 1. The SMILES string of the molecule is C=Cn1cc(C(=O)O)c(=O)c2cc(F)c(N3CCC(CN)C3)c(Cl)c21. The van der Waals surface area contributed by atoms with Crippen molar-refractivity contribution in [1.29, 1.82) is 0 Å². The number of hydrogen-bond acceptors (Lipinski definition) is 4. The standard InChI is InChI=1S/C17H17ClFN3O3/c1-2-21-8-11(17(24)25)16(23)10-5-12(19)15(13(18)14(10)21)22-4-3-9(6-20)7-22/h2,5,8-9H,1,3-4,6-7,20H2,(H,24,25). The van der Waals surface area contributed by atoms with Crippen LogP contribution in [0.15, 0.2) is 23.6 Å². The number of pyridine rings is 1. The summed E-state index contributed by atoms with van der Waals surface area (Å²) in [7, 11) is 0. The summed E-state index contributed by atoms with van der Waals surface area (Å²) < 4.78 is 16.1. The van der Waals surface area contributed by atoms with Crippen LogP contribution in [0.2, 0.25) is 5.02 Å². The van der Waals surface area contributed by atoms with E-state index < -0.39 is 22.8 Å². The Morgan fingerprint density at radius 2 is 2.28 bits per heavy atom. The molecule has 3 rings (SSSR count). The summed E-state index contributed by atoms with van der Waals surface area (Å²) in [4.78, 5) is 25.4. The van der Waals surface area contributed by atoms with Crippen LogP contribution in [0, 0.1) is 11.7 Å². The largest absolute Gasteiger partial charge is 0.477 e. The molecule has 1 aromatic heterocycles. The molecule has 0 bridgehead atoms. The Morgan fingerprint density at radius 3 is 2.84 bits per heavy atom. The molecule has 0 saturated carbocycles. The fourth-order valence-electron chi connectivity index (χ4n) is 3.25. The first-order chi connectivity index (χ1) is 11.9. The van der Waals surface area contributed by atoms with Gasteiger partial charge in [-0.25, -0.2) is 9.18 Å². The molecule has 1 atom stereocenters. The highest BCUT2D eigenvalue weighted by atomic mass is 35.5. The Kier molecular flexibility index (Phi) is 4.53. The van der Waals surface area contributed by atoms with E-state index in [9.17, 15) is 19.1 Å². The number of carboxylic acids is 1. The van der Waals surface area contributed by atoms with Crippen molar-refractivity contribution in [2.24, 2.45) is 11.7 Å². The van der Waals surface area contributed by atoms with Crippen molar-refractivity contribution in [1.82, 2.24) is 4.57 Å². The predicted octanol–water partition coefficient (Wildman–Crippen LogP) is 2.38. The number of aromatic nitrogens is 1. The highest BCUT2D eigenvalue weighted by Gasteiger charge is 2.28. The molecule has 1 aromatic carbocycles. The molecule has 6 nitrogen and oxygen atoms in total. The Labute approximate surface area is 147 Å². The minimum Gasteiger partial charge on any atom is -0.477 e. The van der Waals surface area contributed by atoms with E-state index in [1.807, 2.05) is 0 Å². The molecule has 8 heteroatoms. The molecular formula is C17H17ClFN3O3. The summed E-state index contributed by atoms with van der Waals surface area (Å²) >= 11 is 6.44. The lowest BCUT2D eigenvalue weighted by atomic mass is 10.1. The predicted molar refractivity (Wildman–Crippen MR) is 95.9 cm³/mol. The second kappa shape index (κ2) is 6.50. The maximum Gasteiger partial charge on any atom is 0.341 e. The average molecular weight is 366 g/mol. The first-order valence-electron chi connectivity index (χ1n) is 7.76. The minimum absolute atomic E-state index is 0.0570. The number of nitrogens with zero attached hydrogens (tertiary/aromatic N) is 2. The summed E-state index contributed by atoms with van der Waals surface area (Å²) in [6, 6.07) is 1.04. The van der Waals surface area contributed by atoms with E-state index in [4.69, 9.17) is 17.3 Å². The van der Waals surface area contributed by atoms with Crippen LogP contribution in [0.1, 0.15) is 16.8 Å². The number of hydrogen-bond donors (Lipinski definition) is 2. The molecular weight excluding hydrogens is 349 g/mol. The van der Waals surface area contributed by atoms with Gasteiger partial charge in [-0.15, -0.1) is 0 Å². The lowest BCUT2D eigenvalue weighted by molar-refractivity contribution is 0.0695. The molecule has 3 N–H and O–H groups in total. The summed E-state index contributed by atoms with van der Waals surface area (Å²) in [5, 5.41) is 9.13. The number of fused-ring (bicyclic) bond motifs is 1. The zero-order valence-electron chi connectivity index (χ0n) is 13.3. The molecule has 25 heavy (non-hydrogen) atoms. The van der Waals surface area contributed by atoms with Crippen LogP contribution in [0.3, 0.4) is 0 Å². The van der Waals surface area contributed by atoms with Gasteiger partial charge >= 0.3 is 5.97 Å². The Balaban J connectivity index is 2.30. The average Bonchev–Trinajstić information content (AvgIpc) is 3.04. The zero-order valence-corrected chi connectivity index (χ0v) is 14.1. The summed E-state index contributed by atoms with van der Waals surface area (Å²) in [5.41, 5.74) is 4.86. The van der Waals surface area contributed by atoms with E-state index >= 15 is 0 Å². The van der Waals surface area contributed by atoms with Gasteiger partial charge < -0.3 is 20.3 Å². The highest BCUT2D eigenvalue weighted by molar-refractivity contribution is 6.38. The van der Waals surface area contributed by atoms with Gasteiger partial charge in [0.15, 0.2) is 0 Å². The van der Waals surface area contributed by atoms with Crippen LogP contribution in [-0.4, -0.2) is 35.3 Å². The molecule has 0 amide bonds. The van der Waals surface area contributed by atoms with E-state index in [0.717, 1.165) is 18.7 Å². The van der Waals surface area contributed by atoms with Gasteiger partial charge in [0.2, 0.25) is 5.43 Å². The van der Waals surface area contributed by atoms with Crippen molar-refractivity contribution in [2.75, 3.05) is 24.5 Å². The number of anilines is 1. The quantitative estimate of drug-likeness (QED) is 0.868. The van der Waals surface area contributed by atoms with Crippen molar-refractivity contribution < 1.29 is 14.3 Å². The Morgan fingerprint density at radius 1 is 1.56 bits per heavy atom. The van der Waals surface area contributed by atoms with E-state index in [-0.39, 0.29) is 27.5 Å². The van der Waals surface area contributed by atoms with Gasteiger partial charge in [-0.3, -0.25) is 4.79 Å². The Bertz CT molecular complexity index is 941. The molecule has 1 fully saturated rings. The van der Waals surface area contributed by atoms with Crippen molar-refractivity contribution in [2.45, 2.75) is 6.42 Å². The van der Waals surface area contributed by atoms with Crippen LogP contribution < -0.4 is 16.1 Å². The zero-order chi connectivity index (χ0) is 18.3. The molecule has 2 aromatic rings. The number of halogens is 2. The second-order valence-corrected chi connectivity index (χ2v) is 6.40. The maximum absolute atomic E-state index is 14.7. The van der Waals surface area contributed by atoms with Crippen molar-refractivity contribution in [3.63, 3.8) is 0 Å². The van der Waals surface area contributed by atoms with Gasteiger partial charge in [-0.05, 0) is 24.9 Å². The van der Waals surface area contributed by atoms with Crippen molar-refractivity contribution >= 4 is 40.4 Å². The summed E-state index contributed by atoms with van der Waals surface area (Å²) in [6.45, 7) is 5.30. The molecule has 0 aliphatic carbocycles. The third-order valence-corrected chi connectivity index (χ3v) is 4.90. The molecule has 1 aliphatic heterocycles. The van der Waals surface area contributed by atoms with Crippen LogP contribution >= 0.6 is 11.6 Å². The van der Waals surface area contributed by atoms with Gasteiger partial charge in [-0.2, -0.15) is 0 Å². The van der Waals surface area contributed by atoms with E-state index in [2.05, 4.69) is 6.58 Å². The van der Waals surface area contributed by atoms with Crippen molar-refractivity contribution in [3.05, 3.63) is 45.5 Å². The van der Waals surface area contributed by atoms with Gasteiger partial charge in [-0.1, -0.05) is 18.2 Å². The lowest BCUT2D eigenvalue weighted by Gasteiger charge is -2.22. The minimum atomic E-state index is -1.39. The smallest absolute Gasteiger partial charge is 0.341 e. The lowest BCUT2D eigenvalue weighted by Crippen LogP contribution is -2.25. The molecule has 1 unspecified atom stereocenters. The molecule has 1 saturated heterocycles. The topological polar surface area (TPSA) is 88.6 Å². The number of rotatable bonds is 4. The first kappa shape index (κ1) is 17.4. The van der Waals surface area contributed by atoms with Crippen molar-refractivity contribution in [3.8, 4) is 0 Å². The highest BCUT2D eigenvalue weighted by Crippen LogP contribution is 2.37. The third-order valence-electron chi connectivity index (χ3n) is 4.55. The van der Waals surface area contributed by atoms with Crippen LogP contribution in [0.25, 0.3) is 17.1 Å². The van der Waals surface area contributed by atoms with E-state index in [0.29, 0.717) is 19.6 Å². The number of aromatic carboxylic acids is 1. The number of carboxylic acid groups (broad SMARTS) is 1. The van der Waals surface area contributed by atoms with Gasteiger partial charge in [0.05, 0.1) is 21.6 Å². The molecule has 0 spiro atoms. The first-order valence-corrected chi connectivity index (χ1v) is 8.14. The number of nitrogens with two attached hydrogens (primary N) is 1. The molecule has 132 valence electrons. The monoisotopic (exact) mass is 365 g/mol. The fraction of sp³-hybridized carbons (Fsp3) is 0.294. The summed E-state index contributed by atoms with van der Waals surface area (Å²) in [6.07, 6.45) is 3.30. The summed E-state index contributed by atoms with van der Waals surface area (Å²) in [5.74, 6) is -1.80. The van der Waals surface area contributed by atoms with Gasteiger partial charge in [0.1, 0.15) is 11.4 Å². The number of carbonyl (C=O) groups is 1. The van der Waals surface area contributed by atoms with Crippen LogP contribution in [-0.2, 0) is 0 Å². The van der Waals surface area contributed by atoms with Gasteiger partial charge in [0, 0.05) is 25.5 Å². The molecule has 1 aliphatic rings. The maximum atomic E-state index is 14.7. The second-order valence-electron chi connectivity index (χ2n) is 6.02. The molecule has 2 heterocycles. The van der Waals surface area contributed by atoms with Crippen LogP contribution in [0.4, 0.5) is 10.1 Å². The normalized spacial score (nSPS) is 17.2. The third kappa shape index (κ3) is 2.79.